The number of aromatic amines is 1. The predicted octanol–water partition coefficient (Wildman–Crippen LogP) is 5.63. The first-order chi connectivity index (χ1) is 15.1. The summed E-state index contributed by atoms with van der Waals surface area (Å²) in [6.45, 7) is 3.42. The number of carbonyl (C=O) groups excluding carboxylic acids is 1. The number of nitrogens with one attached hydrogen (secondary N) is 1. The molecular formula is C26H25IN2O2. The van der Waals surface area contributed by atoms with Gasteiger partial charge in [0, 0.05) is 23.0 Å². The van der Waals surface area contributed by atoms with Crippen molar-refractivity contribution in [3.05, 3.63) is 87.2 Å². The molecule has 1 N–H and O–H groups in total. The third-order valence-corrected chi connectivity index (χ3v) is 7.22. The molecule has 0 radical (unpaired) electrons. The SMILES string of the molecule is C/C=C1\CC2C=CC1N(C(=O)Cc1c(I)[nH]c3ccc(OCc4ccccc4)cc13)C2. The number of rotatable bonds is 5. The van der Waals surface area contributed by atoms with Crippen molar-refractivity contribution in [3.63, 3.8) is 0 Å². The minimum atomic E-state index is 0.120. The van der Waals surface area contributed by atoms with Gasteiger partial charge in [-0.15, -0.1) is 0 Å². The molecule has 6 rings (SSSR count). The molecule has 1 fully saturated rings. The van der Waals surface area contributed by atoms with E-state index in [-0.39, 0.29) is 11.9 Å². The fourth-order valence-corrected chi connectivity index (χ4v) is 5.44. The van der Waals surface area contributed by atoms with E-state index in [2.05, 4.69) is 70.9 Å². The topological polar surface area (TPSA) is 45.3 Å². The highest BCUT2D eigenvalue weighted by Crippen LogP contribution is 2.35. The molecule has 3 aliphatic rings. The maximum atomic E-state index is 13.3. The van der Waals surface area contributed by atoms with Gasteiger partial charge in [0.05, 0.1) is 16.2 Å². The summed E-state index contributed by atoms with van der Waals surface area (Å²) in [6.07, 6.45) is 8.11. The van der Waals surface area contributed by atoms with Crippen LogP contribution >= 0.6 is 22.6 Å². The lowest BCUT2D eigenvalue weighted by Gasteiger charge is -2.43. The van der Waals surface area contributed by atoms with Crippen LogP contribution in [0.4, 0.5) is 0 Å². The van der Waals surface area contributed by atoms with Gasteiger partial charge in [-0.25, -0.2) is 0 Å². The summed E-state index contributed by atoms with van der Waals surface area (Å²) in [5.74, 6) is 1.45. The first-order valence-corrected chi connectivity index (χ1v) is 11.8. The largest absolute Gasteiger partial charge is 0.489 e. The number of aromatic nitrogens is 1. The maximum absolute atomic E-state index is 13.3. The van der Waals surface area contributed by atoms with Crippen LogP contribution in [0.25, 0.3) is 10.9 Å². The Morgan fingerprint density at radius 2 is 2.06 bits per heavy atom. The van der Waals surface area contributed by atoms with Gasteiger partial charge < -0.3 is 14.6 Å². The van der Waals surface area contributed by atoms with Gasteiger partial charge >= 0.3 is 0 Å². The van der Waals surface area contributed by atoms with Crippen LogP contribution in [-0.4, -0.2) is 28.4 Å². The Balaban J connectivity index is 1.37. The van der Waals surface area contributed by atoms with Crippen molar-refractivity contribution in [2.24, 2.45) is 5.92 Å². The van der Waals surface area contributed by atoms with Crippen LogP contribution in [0.2, 0.25) is 0 Å². The number of carbonyl (C=O) groups is 1. The zero-order valence-electron chi connectivity index (χ0n) is 17.5. The lowest BCUT2D eigenvalue weighted by atomic mass is 9.81. The van der Waals surface area contributed by atoms with Crippen molar-refractivity contribution < 1.29 is 9.53 Å². The number of H-pyrrole nitrogens is 1. The minimum Gasteiger partial charge on any atom is -0.489 e. The van der Waals surface area contributed by atoms with E-state index in [1.54, 1.807) is 0 Å². The number of fused-ring (bicyclic) bond motifs is 3. The van der Waals surface area contributed by atoms with Crippen LogP contribution in [0.15, 0.2) is 72.3 Å². The Bertz CT molecular complexity index is 1180. The monoisotopic (exact) mass is 524 g/mol. The van der Waals surface area contributed by atoms with Gasteiger partial charge in [-0.05, 0) is 71.2 Å². The number of halogens is 1. The molecule has 5 heteroatoms. The summed E-state index contributed by atoms with van der Waals surface area (Å²) in [4.78, 5) is 18.8. The van der Waals surface area contributed by atoms with E-state index in [0.29, 0.717) is 18.9 Å². The van der Waals surface area contributed by atoms with E-state index in [9.17, 15) is 4.79 Å². The molecule has 2 bridgehead atoms. The number of piperidine rings is 1. The fraction of sp³-hybridized carbons (Fsp3) is 0.269. The third-order valence-electron chi connectivity index (χ3n) is 6.30. The molecule has 158 valence electrons. The van der Waals surface area contributed by atoms with Gasteiger partial charge in [0.2, 0.25) is 5.91 Å². The molecule has 1 saturated heterocycles. The van der Waals surface area contributed by atoms with E-state index in [4.69, 9.17) is 4.74 Å². The van der Waals surface area contributed by atoms with Gasteiger partial charge in [0.25, 0.3) is 0 Å². The van der Waals surface area contributed by atoms with E-state index in [1.807, 2.05) is 35.2 Å². The predicted molar refractivity (Wildman–Crippen MR) is 132 cm³/mol. The van der Waals surface area contributed by atoms with Gasteiger partial charge in [0.1, 0.15) is 12.4 Å². The molecular weight excluding hydrogens is 499 g/mol. The van der Waals surface area contributed by atoms with Crippen molar-refractivity contribution in [2.75, 3.05) is 6.54 Å². The van der Waals surface area contributed by atoms with Crippen molar-refractivity contribution in [1.29, 1.82) is 0 Å². The summed E-state index contributed by atoms with van der Waals surface area (Å²) in [5.41, 5.74) is 4.58. The lowest BCUT2D eigenvalue weighted by molar-refractivity contribution is -0.132. The molecule has 3 aromatic rings. The van der Waals surface area contributed by atoms with Crippen LogP contribution in [-0.2, 0) is 17.8 Å². The maximum Gasteiger partial charge on any atom is 0.227 e. The average Bonchev–Trinajstić information content (AvgIpc) is 3.12. The Morgan fingerprint density at radius 3 is 2.84 bits per heavy atom. The summed E-state index contributed by atoms with van der Waals surface area (Å²) >= 11 is 2.30. The second-order valence-corrected chi connectivity index (χ2v) is 9.36. The summed E-state index contributed by atoms with van der Waals surface area (Å²) in [6, 6.07) is 16.3. The molecule has 3 heterocycles. The van der Waals surface area contributed by atoms with E-state index in [1.165, 1.54) is 5.57 Å². The Morgan fingerprint density at radius 1 is 1.23 bits per heavy atom. The first-order valence-electron chi connectivity index (χ1n) is 10.7. The zero-order chi connectivity index (χ0) is 21.4. The molecule has 1 amide bonds. The molecule has 31 heavy (non-hydrogen) atoms. The van der Waals surface area contributed by atoms with Crippen molar-refractivity contribution in [1.82, 2.24) is 9.88 Å². The van der Waals surface area contributed by atoms with Gasteiger partial charge in [0.15, 0.2) is 0 Å². The van der Waals surface area contributed by atoms with Crippen molar-refractivity contribution in [2.45, 2.75) is 32.4 Å². The Labute approximate surface area is 196 Å². The molecule has 2 aliphatic heterocycles. The highest BCUT2D eigenvalue weighted by molar-refractivity contribution is 14.1. The summed E-state index contributed by atoms with van der Waals surface area (Å²) < 4.78 is 7.04. The number of ether oxygens (including phenoxy) is 1. The van der Waals surface area contributed by atoms with Crippen LogP contribution < -0.4 is 4.74 Å². The second kappa shape index (κ2) is 8.54. The highest BCUT2D eigenvalue weighted by Gasteiger charge is 2.36. The number of amides is 1. The van der Waals surface area contributed by atoms with Crippen LogP contribution in [0.1, 0.15) is 24.5 Å². The minimum absolute atomic E-state index is 0.120. The third kappa shape index (κ3) is 4.03. The molecule has 2 aromatic carbocycles. The van der Waals surface area contributed by atoms with Crippen molar-refractivity contribution >= 4 is 39.4 Å². The van der Waals surface area contributed by atoms with Gasteiger partial charge in [-0.2, -0.15) is 0 Å². The molecule has 0 spiro atoms. The average molecular weight is 524 g/mol. The molecule has 1 aliphatic carbocycles. The van der Waals surface area contributed by atoms with Gasteiger partial charge in [-0.3, -0.25) is 4.79 Å². The quantitative estimate of drug-likeness (QED) is 0.348. The number of allylic oxidation sites excluding steroid dienone is 1. The van der Waals surface area contributed by atoms with Crippen LogP contribution in [0.3, 0.4) is 0 Å². The Kier molecular flexibility index (Phi) is 5.61. The second-order valence-electron chi connectivity index (χ2n) is 8.28. The number of hydrogen-bond acceptors (Lipinski definition) is 2. The highest BCUT2D eigenvalue weighted by atomic mass is 127. The molecule has 4 nitrogen and oxygen atoms in total. The molecule has 1 aromatic heterocycles. The number of benzene rings is 2. The molecule has 2 atom stereocenters. The fourth-order valence-electron chi connectivity index (χ4n) is 4.67. The van der Waals surface area contributed by atoms with Crippen LogP contribution in [0.5, 0.6) is 5.75 Å². The molecule has 0 saturated carbocycles. The Hall–Kier alpha value is -2.54. The number of hydrogen-bond donors (Lipinski definition) is 1. The van der Waals surface area contributed by atoms with E-state index < -0.39 is 0 Å². The van der Waals surface area contributed by atoms with E-state index >= 15 is 0 Å². The van der Waals surface area contributed by atoms with E-state index in [0.717, 1.165) is 44.4 Å². The summed E-state index contributed by atoms with van der Waals surface area (Å²) in [5, 5.41) is 1.06. The normalized spacial score (nSPS) is 21.2. The zero-order valence-corrected chi connectivity index (χ0v) is 19.6. The number of nitrogens with zero attached hydrogens (tertiary/aromatic N) is 1. The summed E-state index contributed by atoms with van der Waals surface area (Å²) in [7, 11) is 0. The molecule has 2 unspecified atom stereocenters. The first kappa shape index (κ1) is 20.4. The standard InChI is InChI=1S/C26H25IN2O2/c1-2-19-12-18-8-11-24(19)29(15-18)25(30)14-22-21-13-20(9-10-23(21)28-26(22)27)31-16-17-6-4-3-5-7-17/h2-11,13,18,24,28H,12,14-16H2,1H3/b19-2+. The lowest BCUT2D eigenvalue weighted by Crippen LogP contribution is -2.50. The van der Waals surface area contributed by atoms with Crippen LogP contribution in [0, 0.1) is 9.62 Å². The smallest absolute Gasteiger partial charge is 0.227 e. The van der Waals surface area contributed by atoms with Gasteiger partial charge in [-0.1, -0.05) is 48.6 Å². The van der Waals surface area contributed by atoms with Crippen molar-refractivity contribution in [3.8, 4) is 5.75 Å².